The molecule has 1 rings (SSSR count). The molecule has 17 heavy (non-hydrogen) atoms. The Kier molecular flexibility index (Phi) is 5.02. The molecule has 0 aliphatic heterocycles. The van der Waals surface area contributed by atoms with Crippen LogP contribution in [0.5, 0.6) is 0 Å². The van der Waals surface area contributed by atoms with Crippen molar-refractivity contribution in [3.05, 3.63) is 35.4 Å². The standard InChI is InChI=1S/C13H20F2N2/c1-9(8-17(3)4)16-10(2)12-6-5-11(14)7-13(12)15/h5-7,9-10,16H,8H2,1-4H3. The van der Waals surface area contributed by atoms with E-state index >= 15 is 0 Å². The largest absolute Gasteiger partial charge is 0.308 e. The van der Waals surface area contributed by atoms with E-state index < -0.39 is 11.6 Å². The van der Waals surface area contributed by atoms with Gasteiger partial charge >= 0.3 is 0 Å². The first-order valence-electron chi connectivity index (χ1n) is 5.76. The van der Waals surface area contributed by atoms with E-state index in [0.29, 0.717) is 5.56 Å². The SMILES string of the molecule is CC(CN(C)C)NC(C)c1ccc(F)cc1F. The van der Waals surface area contributed by atoms with Crippen molar-refractivity contribution in [2.45, 2.75) is 25.9 Å². The molecular weight excluding hydrogens is 222 g/mol. The van der Waals surface area contributed by atoms with Crippen LogP contribution in [0, 0.1) is 11.6 Å². The molecule has 0 saturated carbocycles. The molecule has 0 radical (unpaired) electrons. The minimum absolute atomic E-state index is 0.134. The van der Waals surface area contributed by atoms with E-state index in [2.05, 4.69) is 10.2 Å². The lowest BCUT2D eigenvalue weighted by atomic mass is 10.1. The molecule has 4 heteroatoms. The number of hydrogen-bond acceptors (Lipinski definition) is 2. The van der Waals surface area contributed by atoms with Crippen molar-refractivity contribution < 1.29 is 8.78 Å². The van der Waals surface area contributed by atoms with E-state index in [1.165, 1.54) is 12.1 Å². The van der Waals surface area contributed by atoms with Crippen LogP contribution >= 0.6 is 0 Å². The lowest BCUT2D eigenvalue weighted by molar-refractivity contribution is 0.332. The molecule has 0 aliphatic rings. The Labute approximate surface area is 102 Å². The average molecular weight is 242 g/mol. The van der Waals surface area contributed by atoms with Gasteiger partial charge in [-0.1, -0.05) is 6.07 Å². The first kappa shape index (κ1) is 14.1. The Morgan fingerprint density at radius 1 is 1.24 bits per heavy atom. The van der Waals surface area contributed by atoms with Crippen LogP contribution in [0.2, 0.25) is 0 Å². The average Bonchev–Trinajstić information content (AvgIpc) is 2.15. The molecule has 0 saturated heterocycles. The Bertz CT molecular complexity index is 366. The predicted molar refractivity (Wildman–Crippen MR) is 65.9 cm³/mol. The van der Waals surface area contributed by atoms with Crippen LogP contribution in [0.3, 0.4) is 0 Å². The number of benzene rings is 1. The topological polar surface area (TPSA) is 15.3 Å². The molecule has 0 aliphatic carbocycles. The minimum Gasteiger partial charge on any atom is -0.308 e. The number of halogens is 2. The zero-order valence-electron chi connectivity index (χ0n) is 10.8. The predicted octanol–water partition coefficient (Wildman–Crippen LogP) is 2.57. The van der Waals surface area contributed by atoms with E-state index in [-0.39, 0.29) is 12.1 Å². The zero-order chi connectivity index (χ0) is 13.0. The summed E-state index contributed by atoms with van der Waals surface area (Å²) in [6.07, 6.45) is 0. The second-order valence-corrected chi connectivity index (χ2v) is 4.72. The third kappa shape index (κ3) is 4.40. The van der Waals surface area contributed by atoms with Crippen LogP contribution in [-0.2, 0) is 0 Å². The fourth-order valence-corrected chi connectivity index (χ4v) is 1.97. The lowest BCUT2D eigenvalue weighted by Gasteiger charge is -2.23. The van der Waals surface area contributed by atoms with Crippen molar-refractivity contribution in [3.8, 4) is 0 Å². The summed E-state index contributed by atoms with van der Waals surface area (Å²) in [4.78, 5) is 2.06. The van der Waals surface area contributed by atoms with Gasteiger partial charge in [0.15, 0.2) is 0 Å². The van der Waals surface area contributed by atoms with Gasteiger partial charge in [-0.15, -0.1) is 0 Å². The van der Waals surface area contributed by atoms with Gasteiger partial charge < -0.3 is 10.2 Å². The molecule has 0 aromatic heterocycles. The fourth-order valence-electron chi connectivity index (χ4n) is 1.97. The van der Waals surface area contributed by atoms with Crippen molar-refractivity contribution in [1.29, 1.82) is 0 Å². The van der Waals surface area contributed by atoms with Gasteiger partial charge in [0.1, 0.15) is 11.6 Å². The maximum atomic E-state index is 13.5. The summed E-state index contributed by atoms with van der Waals surface area (Å²) in [6, 6.07) is 3.80. The van der Waals surface area contributed by atoms with E-state index in [1.54, 1.807) is 0 Å². The van der Waals surface area contributed by atoms with Crippen LogP contribution in [-0.4, -0.2) is 31.6 Å². The lowest BCUT2D eigenvalue weighted by Crippen LogP contribution is -2.37. The van der Waals surface area contributed by atoms with Gasteiger partial charge in [-0.05, 0) is 34.0 Å². The van der Waals surface area contributed by atoms with Crippen molar-refractivity contribution in [1.82, 2.24) is 10.2 Å². The third-order valence-corrected chi connectivity index (χ3v) is 2.60. The van der Waals surface area contributed by atoms with Crippen molar-refractivity contribution >= 4 is 0 Å². The van der Waals surface area contributed by atoms with Crippen molar-refractivity contribution in [2.24, 2.45) is 0 Å². The number of nitrogens with one attached hydrogen (secondary N) is 1. The minimum atomic E-state index is -0.542. The van der Waals surface area contributed by atoms with Crippen LogP contribution in [0.4, 0.5) is 8.78 Å². The third-order valence-electron chi connectivity index (χ3n) is 2.60. The van der Waals surface area contributed by atoms with E-state index in [1.807, 2.05) is 27.9 Å². The maximum absolute atomic E-state index is 13.5. The van der Waals surface area contributed by atoms with E-state index in [9.17, 15) is 8.78 Å². The summed E-state index contributed by atoms with van der Waals surface area (Å²) < 4.78 is 26.3. The highest BCUT2D eigenvalue weighted by Crippen LogP contribution is 2.18. The Morgan fingerprint density at radius 2 is 1.88 bits per heavy atom. The van der Waals surface area contributed by atoms with Gasteiger partial charge in [0.05, 0.1) is 0 Å². The molecular formula is C13H20F2N2. The molecule has 2 unspecified atom stereocenters. The van der Waals surface area contributed by atoms with Gasteiger partial charge in [0, 0.05) is 30.3 Å². The van der Waals surface area contributed by atoms with Gasteiger partial charge in [-0.25, -0.2) is 8.78 Å². The first-order chi connectivity index (χ1) is 7.90. The molecule has 0 heterocycles. The highest BCUT2D eigenvalue weighted by molar-refractivity contribution is 5.21. The van der Waals surface area contributed by atoms with Crippen molar-refractivity contribution in [2.75, 3.05) is 20.6 Å². The van der Waals surface area contributed by atoms with Gasteiger partial charge in [0.2, 0.25) is 0 Å². The zero-order valence-corrected chi connectivity index (χ0v) is 10.8. The normalized spacial score (nSPS) is 15.0. The summed E-state index contributed by atoms with van der Waals surface area (Å²) in [6.45, 7) is 4.79. The summed E-state index contributed by atoms with van der Waals surface area (Å²) in [5.41, 5.74) is 0.497. The fraction of sp³-hybridized carbons (Fsp3) is 0.538. The first-order valence-corrected chi connectivity index (χ1v) is 5.76. The van der Waals surface area contributed by atoms with Gasteiger partial charge in [-0.3, -0.25) is 0 Å². The Hall–Kier alpha value is -1.00. The van der Waals surface area contributed by atoms with Crippen LogP contribution < -0.4 is 5.32 Å². The summed E-state index contributed by atoms with van der Waals surface area (Å²) >= 11 is 0. The van der Waals surface area contributed by atoms with Gasteiger partial charge in [0.25, 0.3) is 0 Å². The number of rotatable bonds is 5. The smallest absolute Gasteiger partial charge is 0.130 e. The highest BCUT2D eigenvalue weighted by Gasteiger charge is 2.14. The number of likely N-dealkylation sites (N-methyl/N-ethyl adjacent to an activating group) is 1. The highest BCUT2D eigenvalue weighted by atomic mass is 19.1. The molecule has 96 valence electrons. The monoisotopic (exact) mass is 242 g/mol. The second-order valence-electron chi connectivity index (χ2n) is 4.72. The van der Waals surface area contributed by atoms with E-state index in [4.69, 9.17) is 0 Å². The number of nitrogens with zero attached hydrogens (tertiary/aromatic N) is 1. The molecule has 1 aromatic carbocycles. The Morgan fingerprint density at radius 3 is 2.41 bits per heavy atom. The summed E-state index contributed by atoms with van der Waals surface area (Å²) in [5, 5.41) is 3.28. The molecule has 2 nitrogen and oxygen atoms in total. The number of hydrogen-bond donors (Lipinski definition) is 1. The second kappa shape index (κ2) is 6.07. The summed E-state index contributed by atoms with van der Waals surface area (Å²) in [7, 11) is 3.97. The van der Waals surface area contributed by atoms with Crippen LogP contribution in [0.1, 0.15) is 25.5 Å². The molecule has 0 spiro atoms. The van der Waals surface area contributed by atoms with E-state index in [0.717, 1.165) is 12.6 Å². The summed E-state index contributed by atoms with van der Waals surface area (Å²) in [5.74, 6) is -1.04. The quantitative estimate of drug-likeness (QED) is 0.853. The molecule has 1 aromatic rings. The molecule has 2 atom stereocenters. The van der Waals surface area contributed by atoms with Gasteiger partial charge in [-0.2, -0.15) is 0 Å². The Balaban J connectivity index is 2.66. The van der Waals surface area contributed by atoms with Crippen LogP contribution in [0.25, 0.3) is 0 Å². The molecule has 0 bridgehead atoms. The molecule has 1 N–H and O–H groups in total. The molecule has 0 fully saturated rings. The van der Waals surface area contributed by atoms with Crippen molar-refractivity contribution in [3.63, 3.8) is 0 Å². The van der Waals surface area contributed by atoms with Crippen LogP contribution in [0.15, 0.2) is 18.2 Å². The maximum Gasteiger partial charge on any atom is 0.130 e. The molecule has 0 amide bonds.